The monoisotopic (exact) mass is 430 g/mol. The third-order valence-corrected chi connectivity index (χ3v) is 4.47. The molecule has 0 aliphatic carbocycles. The Balaban J connectivity index is 1.83. The molecule has 0 saturated heterocycles. The van der Waals surface area contributed by atoms with Gasteiger partial charge in [0.25, 0.3) is 5.91 Å². The Bertz CT molecular complexity index is 1070. The molecule has 2 aromatic carbocycles. The largest absolute Gasteiger partial charge is 0.497 e. The maximum absolute atomic E-state index is 12.5. The number of carbonyl (C=O) groups is 2. The number of methoxy groups -OCH3 is 3. The molecule has 0 unspecified atom stereocenters. The van der Waals surface area contributed by atoms with Gasteiger partial charge in [0.15, 0.2) is 0 Å². The van der Waals surface area contributed by atoms with Gasteiger partial charge in [0.05, 0.1) is 32.9 Å². The Morgan fingerprint density at radius 1 is 1.07 bits per heavy atom. The Morgan fingerprint density at radius 2 is 1.80 bits per heavy atom. The fourth-order valence-corrected chi connectivity index (χ4v) is 2.89. The van der Waals surface area contributed by atoms with Crippen LogP contribution in [-0.2, 0) is 11.3 Å². The summed E-state index contributed by atoms with van der Waals surface area (Å²) in [5, 5.41) is 7.07. The third-order valence-electron chi connectivity index (χ3n) is 4.17. The lowest BCUT2D eigenvalue weighted by Gasteiger charge is -2.06. The van der Waals surface area contributed by atoms with Gasteiger partial charge in [-0.05, 0) is 35.9 Å². The lowest BCUT2D eigenvalue weighted by molar-refractivity contribution is 0.0580. The first-order valence-corrected chi connectivity index (χ1v) is 9.14. The van der Waals surface area contributed by atoms with Gasteiger partial charge in [-0.1, -0.05) is 23.7 Å². The second kappa shape index (κ2) is 9.27. The molecule has 0 fully saturated rings. The maximum Gasteiger partial charge on any atom is 0.375 e. The van der Waals surface area contributed by atoms with Crippen LogP contribution in [0.1, 0.15) is 26.5 Å². The fourth-order valence-electron chi connectivity index (χ4n) is 2.63. The van der Waals surface area contributed by atoms with Crippen LogP contribution in [0.15, 0.2) is 42.5 Å². The molecule has 1 amide bonds. The fraction of sp³-hybridized carbons (Fsp3) is 0.200. The second-order valence-corrected chi connectivity index (χ2v) is 6.47. The summed E-state index contributed by atoms with van der Waals surface area (Å²) < 4.78 is 16.3. The van der Waals surface area contributed by atoms with Gasteiger partial charge in [-0.3, -0.25) is 10.1 Å². The average molecular weight is 431 g/mol. The number of hydrogen-bond acceptors (Lipinski definition) is 7. The van der Waals surface area contributed by atoms with Crippen molar-refractivity contribution in [3.8, 4) is 11.5 Å². The molecule has 0 atom stereocenters. The number of aromatic nitrogens is 3. The number of carbonyl (C=O) groups excluding carboxylic acids is 2. The first-order valence-electron chi connectivity index (χ1n) is 8.76. The van der Waals surface area contributed by atoms with E-state index in [2.05, 4.69) is 15.4 Å². The van der Waals surface area contributed by atoms with Crippen LogP contribution in [-0.4, -0.2) is 48.0 Å². The summed E-state index contributed by atoms with van der Waals surface area (Å²) in [5.74, 6) is -0.0986. The molecule has 3 rings (SSSR count). The molecule has 9 nitrogen and oxygen atoms in total. The molecule has 0 saturated carbocycles. The van der Waals surface area contributed by atoms with Crippen LogP contribution in [0.3, 0.4) is 0 Å². The minimum Gasteiger partial charge on any atom is -0.497 e. The van der Waals surface area contributed by atoms with Gasteiger partial charge in [0.1, 0.15) is 11.5 Å². The SMILES string of the molecule is COC(=O)c1nc(NC(=O)c2ccc(OC)c(Cl)c2)nn1Cc1ccc(OC)cc1. The molecule has 0 bridgehead atoms. The molecule has 1 N–H and O–H groups in total. The zero-order valence-electron chi connectivity index (χ0n) is 16.5. The Labute approximate surface area is 177 Å². The van der Waals surface area contributed by atoms with Crippen LogP contribution >= 0.6 is 11.6 Å². The van der Waals surface area contributed by atoms with Gasteiger partial charge >= 0.3 is 5.97 Å². The van der Waals surface area contributed by atoms with Gasteiger partial charge in [0, 0.05) is 5.56 Å². The molecule has 3 aromatic rings. The number of nitrogens with one attached hydrogen (secondary N) is 1. The van der Waals surface area contributed by atoms with Gasteiger partial charge < -0.3 is 14.2 Å². The van der Waals surface area contributed by atoms with Gasteiger partial charge in [-0.2, -0.15) is 4.98 Å². The molecular formula is C20H19ClN4O5. The number of benzene rings is 2. The number of amides is 1. The van der Waals surface area contributed by atoms with Crippen LogP contribution < -0.4 is 14.8 Å². The summed E-state index contributed by atoms with van der Waals surface area (Å²) in [5.41, 5.74) is 1.14. The average Bonchev–Trinajstić information content (AvgIpc) is 3.15. The van der Waals surface area contributed by atoms with E-state index < -0.39 is 11.9 Å². The lowest BCUT2D eigenvalue weighted by atomic mass is 10.2. The van der Waals surface area contributed by atoms with E-state index in [1.807, 2.05) is 12.1 Å². The summed E-state index contributed by atoms with van der Waals surface area (Å²) in [6.45, 7) is 0.242. The molecular weight excluding hydrogens is 412 g/mol. The predicted octanol–water partition coefficient (Wildman–Crippen LogP) is 3.04. The molecule has 0 aliphatic rings. The number of esters is 1. The first kappa shape index (κ1) is 21.1. The smallest absolute Gasteiger partial charge is 0.375 e. The minimum atomic E-state index is -0.677. The van der Waals surface area contributed by atoms with Crippen molar-refractivity contribution in [1.29, 1.82) is 0 Å². The van der Waals surface area contributed by atoms with Crippen LogP contribution in [0.4, 0.5) is 5.95 Å². The van der Waals surface area contributed by atoms with E-state index in [9.17, 15) is 9.59 Å². The van der Waals surface area contributed by atoms with E-state index in [4.69, 9.17) is 25.8 Å². The van der Waals surface area contributed by atoms with Crippen molar-refractivity contribution in [1.82, 2.24) is 14.8 Å². The first-order chi connectivity index (χ1) is 14.4. The minimum absolute atomic E-state index is 0.0409. The molecule has 156 valence electrons. The summed E-state index contributed by atoms with van der Waals surface area (Å²) in [6.07, 6.45) is 0. The van der Waals surface area contributed by atoms with Crippen LogP contribution in [0, 0.1) is 0 Å². The molecule has 1 heterocycles. The standard InChI is InChI=1S/C20H19ClN4O5/c1-28-14-7-4-12(5-8-14)11-25-17(19(27)30-3)22-20(24-25)23-18(26)13-6-9-16(29-2)15(21)10-13/h4-10H,11H2,1-3H3,(H,23,24,26). The Morgan fingerprint density at radius 3 is 2.40 bits per heavy atom. The van der Waals surface area contributed by atoms with Crippen molar-refractivity contribution in [2.75, 3.05) is 26.6 Å². The zero-order valence-corrected chi connectivity index (χ0v) is 17.3. The predicted molar refractivity (Wildman–Crippen MR) is 109 cm³/mol. The highest BCUT2D eigenvalue weighted by Gasteiger charge is 2.20. The van der Waals surface area contributed by atoms with E-state index in [1.54, 1.807) is 31.4 Å². The highest BCUT2D eigenvalue weighted by atomic mass is 35.5. The van der Waals surface area contributed by atoms with Crippen molar-refractivity contribution < 1.29 is 23.8 Å². The van der Waals surface area contributed by atoms with Gasteiger partial charge in [-0.15, -0.1) is 5.10 Å². The lowest BCUT2D eigenvalue weighted by Crippen LogP contribution is -2.14. The van der Waals surface area contributed by atoms with E-state index in [1.165, 1.54) is 25.0 Å². The van der Waals surface area contributed by atoms with Crippen LogP contribution in [0.25, 0.3) is 0 Å². The van der Waals surface area contributed by atoms with E-state index >= 15 is 0 Å². The second-order valence-electron chi connectivity index (χ2n) is 6.06. The number of nitrogens with zero attached hydrogens (tertiary/aromatic N) is 3. The van der Waals surface area contributed by atoms with Crippen molar-refractivity contribution in [2.24, 2.45) is 0 Å². The molecule has 1 aromatic heterocycles. The summed E-state index contributed by atoms with van der Waals surface area (Å²) in [6, 6.07) is 11.8. The van der Waals surface area contributed by atoms with Crippen molar-refractivity contribution >= 4 is 29.4 Å². The summed E-state index contributed by atoms with van der Waals surface area (Å²) in [4.78, 5) is 28.7. The highest BCUT2D eigenvalue weighted by molar-refractivity contribution is 6.32. The van der Waals surface area contributed by atoms with Crippen molar-refractivity contribution in [3.63, 3.8) is 0 Å². The van der Waals surface area contributed by atoms with Gasteiger partial charge in [0.2, 0.25) is 11.8 Å². The number of ether oxygens (including phenoxy) is 3. The number of halogens is 1. The van der Waals surface area contributed by atoms with Crippen molar-refractivity contribution in [3.05, 3.63) is 64.4 Å². The maximum atomic E-state index is 12.5. The Hall–Kier alpha value is -3.59. The Kier molecular flexibility index (Phi) is 6.53. The van der Waals surface area contributed by atoms with Crippen LogP contribution in [0.5, 0.6) is 11.5 Å². The van der Waals surface area contributed by atoms with Crippen molar-refractivity contribution in [2.45, 2.75) is 6.54 Å². The number of rotatable bonds is 7. The normalized spacial score (nSPS) is 10.4. The zero-order chi connectivity index (χ0) is 21.7. The van der Waals surface area contributed by atoms with Crippen LogP contribution in [0.2, 0.25) is 5.02 Å². The number of hydrogen-bond donors (Lipinski definition) is 1. The molecule has 10 heteroatoms. The van der Waals surface area contributed by atoms with E-state index in [0.29, 0.717) is 16.5 Å². The summed E-state index contributed by atoms with van der Waals surface area (Å²) in [7, 11) is 4.30. The molecule has 0 spiro atoms. The molecule has 30 heavy (non-hydrogen) atoms. The van der Waals surface area contributed by atoms with E-state index in [0.717, 1.165) is 5.56 Å². The molecule has 0 aliphatic heterocycles. The van der Waals surface area contributed by atoms with E-state index in [-0.39, 0.29) is 23.9 Å². The molecule has 0 radical (unpaired) electrons. The summed E-state index contributed by atoms with van der Waals surface area (Å²) >= 11 is 6.07. The number of anilines is 1. The highest BCUT2D eigenvalue weighted by Crippen LogP contribution is 2.25. The third kappa shape index (κ3) is 4.69. The quantitative estimate of drug-likeness (QED) is 0.574. The topological polar surface area (TPSA) is 105 Å². The van der Waals surface area contributed by atoms with Gasteiger partial charge in [-0.25, -0.2) is 9.48 Å².